The van der Waals surface area contributed by atoms with Crippen LogP contribution >= 0.6 is 11.6 Å². The maximum atomic E-state index is 12.0. The molecule has 1 rings (SSSR count). The predicted octanol–water partition coefficient (Wildman–Crippen LogP) is 1.61. The summed E-state index contributed by atoms with van der Waals surface area (Å²) in [5.74, 6) is 0.177. The largest absolute Gasteiger partial charge is 0.397 e. The molecule has 0 aliphatic rings. The summed E-state index contributed by atoms with van der Waals surface area (Å²) in [7, 11) is -3.56. The van der Waals surface area contributed by atoms with Gasteiger partial charge < -0.3 is 10.8 Å². The third-order valence-electron chi connectivity index (χ3n) is 2.76. The number of aliphatic hydroxyl groups excluding tert-OH is 1. The number of sulfonamides is 1. The minimum atomic E-state index is -3.56. The molecule has 19 heavy (non-hydrogen) atoms. The third-order valence-corrected chi connectivity index (χ3v) is 4.56. The summed E-state index contributed by atoms with van der Waals surface area (Å²) in [6.07, 6.45) is 1.44. The normalized spacial score (nSPS) is 13.4. The van der Waals surface area contributed by atoms with Crippen molar-refractivity contribution in [1.82, 2.24) is 4.72 Å². The lowest BCUT2D eigenvalue weighted by Gasteiger charge is -2.10. The van der Waals surface area contributed by atoms with E-state index in [4.69, 9.17) is 22.4 Å². The number of anilines is 1. The summed E-state index contributed by atoms with van der Waals surface area (Å²) < 4.78 is 26.4. The van der Waals surface area contributed by atoms with Crippen LogP contribution in [0.1, 0.15) is 19.8 Å². The van der Waals surface area contributed by atoms with E-state index in [2.05, 4.69) is 4.72 Å². The molecule has 1 aromatic carbocycles. The Labute approximate surface area is 118 Å². The highest BCUT2D eigenvalue weighted by molar-refractivity contribution is 7.89. The molecule has 0 fully saturated rings. The zero-order valence-corrected chi connectivity index (χ0v) is 12.3. The van der Waals surface area contributed by atoms with E-state index >= 15 is 0 Å². The number of hydrogen-bond donors (Lipinski definition) is 3. The van der Waals surface area contributed by atoms with Crippen molar-refractivity contribution in [2.45, 2.75) is 24.7 Å². The first-order chi connectivity index (χ1) is 8.86. The Morgan fingerprint density at radius 2 is 2.16 bits per heavy atom. The van der Waals surface area contributed by atoms with Crippen LogP contribution in [0.15, 0.2) is 23.1 Å². The van der Waals surface area contributed by atoms with Gasteiger partial charge in [0.05, 0.1) is 15.6 Å². The van der Waals surface area contributed by atoms with Crippen molar-refractivity contribution in [3.05, 3.63) is 23.2 Å². The Kier molecular flexibility index (Phi) is 6.06. The van der Waals surface area contributed by atoms with Crippen molar-refractivity contribution in [3.63, 3.8) is 0 Å². The van der Waals surface area contributed by atoms with Crippen LogP contribution < -0.4 is 10.5 Å². The Bertz CT molecular complexity index is 520. The van der Waals surface area contributed by atoms with Crippen LogP contribution in [0.5, 0.6) is 0 Å². The SMILES string of the molecule is CC(CO)CCCNS(=O)(=O)c1ccc(Cl)c(N)c1. The molecule has 0 saturated heterocycles. The summed E-state index contributed by atoms with van der Waals surface area (Å²) >= 11 is 5.74. The molecule has 1 atom stereocenters. The molecule has 4 N–H and O–H groups in total. The van der Waals surface area contributed by atoms with Crippen LogP contribution in [0.25, 0.3) is 0 Å². The molecule has 0 bridgehead atoms. The van der Waals surface area contributed by atoms with E-state index < -0.39 is 10.0 Å². The van der Waals surface area contributed by atoms with Crippen molar-refractivity contribution in [1.29, 1.82) is 0 Å². The third kappa shape index (κ3) is 4.99. The highest BCUT2D eigenvalue weighted by Gasteiger charge is 2.14. The van der Waals surface area contributed by atoms with Crippen LogP contribution in [-0.4, -0.2) is 26.7 Å². The first-order valence-corrected chi connectivity index (χ1v) is 7.88. The number of nitrogens with two attached hydrogens (primary N) is 1. The summed E-state index contributed by atoms with van der Waals surface area (Å²) in [6.45, 7) is 2.35. The second-order valence-corrected chi connectivity index (χ2v) is 6.69. The van der Waals surface area contributed by atoms with E-state index in [0.717, 1.165) is 6.42 Å². The molecule has 0 amide bonds. The highest BCUT2D eigenvalue weighted by atomic mass is 35.5. The van der Waals surface area contributed by atoms with E-state index in [-0.39, 0.29) is 23.1 Å². The van der Waals surface area contributed by atoms with E-state index in [0.29, 0.717) is 18.0 Å². The Morgan fingerprint density at radius 3 is 2.74 bits per heavy atom. The van der Waals surface area contributed by atoms with Gasteiger partial charge in [0.2, 0.25) is 10.0 Å². The van der Waals surface area contributed by atoms with Crippen LogP contribution in [0, 0.1) is 5.92 Å². The molecule has 1 unspecified atom stereocenters. The summed E-state index contributed by atoms with van der Waals surface area (Å²) in [6, 6.07) is 4.21. The van der Waals surface area contributed by atoms with Gasteiger partial charge in [-0.05, 0) is 37.0 Å². The molecule has 0 aliphatic heterocycles. The molecule has 7 heteroatoms. The summed E-state index contributed by atoms with van der Waals surface area (Å²) in [5.41, 5.74) is 5.81. The molecular formula is C12H19ClN2O3S. The lowest BCUT2D eigenvalue weighted by Crippen LogP contribution is -2.25. The van der Waals surface area contributed by atoms with Gasteiger partial charge in [0.15, 0.2) is 0 Å². The topological polar surface area (TPSA) is 92.4 Å². The second kappa shape index (κ2) is 7.09. The van der Waals surface area contributed by atoms with E-state index in [1.54, 1.807) is 0 Å². The van der Waals surface area contributed by atoms with E-state index in [1.807, 2.05) is 6.92 Å². The molecule has 0 spiro atoms. The predicted molar refractivity (Wildman–Crippen MR) is 76.5 cm³/mol. The lowest BCUT2D eigenvalue weighted by molar-refractivity contribution is 0.228. The molecule has 5 nitrogen and oxygen atoms in total. The van der Waals surface area contributed by atoms with Gasteiger partial charge in [0.25, 0.3) is 0 Å². The maximum Gasteiger partial charge on any atom is 0.240 e. The van der Waals surface area contributed by atoms with Crippen molar-refractivity contribution < 1.29 is 13.5 Å². The fourth-order valence-electron chi connectivity index (χ4n) is 1.52. The van der Waals surface area contributed by atoms with Gasteiger partial charge in [-0.25, -0.2) is 13.1 Å². The minimum absolute atomic E-state index is 0.101. The number of nitrogen functional groups attached to an aromatic ring is 1. The van der Waals surface area contributed by atoms with Gasteiger partial charge in [-0.1, -0.05) is 18.5 Å². The van der Waals surface area contributed by atoms with Crippen molar-refractivity contribution in [2.75, 3.05) is 18.9 Å². The number of benzene rings is 1. The average Bonchev–Trinajstić information content (AvgIpc) is 2.37. The number of halogens is 1. The Morgan fingerprint density at radius 1 is 1.47 bits per heavy atom. The molecule has 0 aliphatic carbocycles. The Balaban J connectivity index is 2.58. The van der Waals surface area contributed by atoms with Gasteiger partial charge >= 0.3 is 0 Å². The van der Waals surface area contributed by atoms with Gasteiger partial charge in [0, 0.05) is 13.2 Å². The fraction of sp³-hybridized carbons (Fsp3) is 0.500. The zero-order chi connectivity index (χ0) is 14.5. The molecular weight excluding hydrogens is 288 g/mol. The standard InChI is InChI=1S/C12H19ClN2O3S/c1-9(8-16)3-2-6-15-19(17,18)10-4-5-11(13)12(14)7-10/h4-5,7,9,15-16H,2-3,6,8,14H2,1H3. The van der Waals surface area contributed by atoms with E-state index in [1.165, 1.54) is 18.2 Å². The van der Waals surface area contributed by atoms with Gasteiger partial charge in [-0.3, -0.25) is 0 Å². The summed E-state index contributed by atoms with van der Waals surface area (Å²) in [5, 5.41) is 9.19. The number of aliphatic hydroxyl groups is 1. The van der Waals surface area contributed by atoms with Crippen molar-refractivity contribution >= 4 is 27.3 Å². The van der Waals surface area contributed by atoms with Crippen molar-refractivity contribution in [3.8, 4) is 0 Å². The van der Waals surface area contributed by atoms with Crippen LogP contribution in [0.4, 0.5) is 5.69 Å². The first kappa shape index (κ1) is 16.2. The van der Waals surface area contributed by atoms with Gasteiger partial charge in [-0.2, -0.15) is 0 Å². The molecule has 0 aromatic heterocycles. The molecule has 108 valence electrons. The smallest absolute Gasteiger partial charge is 0.240 e. The highest BCUT2D eigenvalue weighted by Crippen LogP contribution is 2.22. The van der Waals surface area contributed by atoms with Crippen molar-refractivity contribution in [2.24, 2.45) is 5.92 Å². The van der Waals surface area contributed by atoms with E-state index in [9.17, 15) is 8.42 Å². The number of nitrogens with one attached hydrogen (secondary N) is 1. The van der Waals surface area contributed by atoms with Crippen LogP contribution in [-0.2, 0) is 10.0 Å². The first-order valence-electron chi connectivity index (χ1n) is 6.02. The average molecular weight is 307 g/mol. The fourth-order valence-corrected chi connectivity index (χ4v) is 2.75. The second-order valence-electron chi connectivity index (χ2n) is 4.51. The number of rotatable bonds is 7. The summed E-state index contributed by atoms with van der Waals surface area (Å²) in [4.78, 5) is 0.101. The van der Waals surface area contributed by atoms with Crippen LogP contribution in [0.2, 0.25) is 5.02 Å². The number of hydrogen-bond acceptors (Lipinski definition) is 4. The zero-order valence-electron chi connectivity index (χ0n) is 10.8. The Hall–Kier alpha value is -0.820. The quantitative estimate of drug-likeness (QED) is 0.527. The van der Waals surface area contributed by atoms with Gasteiger partial charge in [0.1, 0.15) is 0 Å². The van der Waals surface area contributed by atoms with Gasteiger partial charge in [-0.15, -0.1) is 0 Å². The molecule has 0 radical (unpaired) electrons. The van der Waals surface area contributed by atoms with Crippen LogP contribution in [0.3, 0.4) is 0 Å². The molecule has 0 heterocycles. The lowest BCUT2D eigenvalue weighted by atomic mass is 10.1. The maximum absolute atomic E-state index is 12.0. The molecule has 0 saturated carbocycles. The monoisotopic (exact) mass is 306 g/mol. The minimum Gasteiger partial charge on any atom is -0.397 e. The molecule has 1 aromatic rings.